The average Bonchev–Trinajstić information content (AvgIpc) is 2.46. The Bertz CT molecular complexity index is 875. The predicted molar refractivity (Wildman–Crippen MR) is 84.8 cm³/mol. The molecule has 0 atom stereocenters. The number of para-hydroxylation sites is 1. The molecule has 0 saturated heterocycles. The lowest BCUT2D eigenvalue weighted by Gasteiger charge is -2.12. The number of nitrogens with zero attached hydrogens (tertiary/aromatic N) is 1. The summed E-state index contributed by atoms with van der Waals surface area (Å²) in [5.74, 6) is -0.849. The van der Waals surface area contributed by atoms with Crippen molar-refractivity contribution in [2.45, 2.75) is 6.92 Å². The lowest BCUT2D eigenvalue weighted by molar-refractivity contribution is 0.0699. The second kappa shape index (κ2) is 5.37. The minimum absolute atomic E-state index is 0.159. The topological polar surface area (TPSA) is 82.5 Å². The molecule has 0 aliphatic rings. The summed E-state index contributed by atoms with van der Waals surface area (Å²) in [6.07, 6.45) is 0. The third-order valence-corrected chi connectivity index (χ3v) is 3.32. The van der Waals surface area contributed by atoms with Gasteiger partial charge < -0.3 is 15.5 Å². The number of aromatic nitrogens is 1. The Morgan fingerprint density at radius 2 is 1.91 bits per heavy atom. The monoisotopic (exact) mass is 294 g/mol. The fourth-order valence-corrected chi connectivity index (χ4v) is 2.39. The lowest BCUT2D eigenvalue weighted by Crippen LogP contribution is -2.01. The van der Waals surface area contributed by atoms with Gasteiger partial charge in [-0.2, -0.15) is 0 Å². The number of fused-ring (bicyclic) bond motifs is 1. The highest BCUT2D eigenvalue weighted by Gasteiger charge is 2.13. The van der Waals surface area contributed by atoms with Gasteiger partial charge in [-0.15, -0.1) is 0 Å². The van der Waals surface area contributed by atoms with Crippen LogP contribution >= 0.6 is 0 Å². The van der Waals surface area contributed by atoms with Crippen LogP contribution in [0.15, 0.2) is 48.5 Å². The van der Waals surface area contributed by atoms with E-state index in [1.165, 1.54) is 6.07 Å². The first-order valence-corrected chi connectivity index (χ1v) is 6.74. The molecule has 1 aromatic heterocycles. The van der Waals surface area contributed by atoms with Crippen LogP contribution in [0.4, 0.5) is 11.4 Å². The summed E-state index contributed by atoms with van der Waals surface area (Å²) in [6, 6.07) is 13.6. The van der Waals surface area contributed by atoms with Crippen molar-refractivity contribution in [2.75, 3.05) is 5.32 Å². The number of phenolic OH excluding ortho intramolecular Hbond substituents is 1. The van der Waals surface area contributed by atoms with Gasteiger partial charge in [-0.25, -0.2) is 4.79 Å². The molecule has 0 amide bonds. The molecular formula is C17H14N2O3. The molecule has 5 nitrogen and oxygen atoms in total. The Labute approximate surface area is 126 Å². The summed E-state index contributed by atoms with van der Waals surface area (Å²) in [5.41, 5.74) is 2.78. The summed E-state index contributed by atoms with van der Waals surface area (Å²) in [6.45, 7) is 1.81. The van der Waals surface area contributed by atoms with Gasteiger partial charge in [0.2, 0.25) is 0 Å². The van der Waals surface area contributed by atoms with Crippen molar-refractivity contribution in [2.24, 2.45) is 0 Å². The van der Waals surface area contributed by atoms with Crippen molar-refractivity contribution in [1.29, 1.82) is 0 Å². The molecule has 2 aromatic carbocycles. The molecular weight excluding hydrogens is 280 g/mol. The predicted octanol–water partition coefficient (Wildman–Crippen LogP) is 3.69. The maximum atomic E-state index is 11.3. The normalized spacial score (nSPS) is 10.6. The van der Waals surface area contributed by atoms with Crippen LogP contribution in [-0.2, 0) is 0 Å². The molecule has 0 aliphatic heterocycles. The Hall–Kier alpha value is -3.08. The first kappa shape index (κ1) is 13.9. The standard InChI is InChI=1S/C17H14N2O3/c1-10-8-15(19-11-4-2-5-12(20)9-11)13-6-3-7-14(17(21)22)16(13)18-10/h2-9,20H,1H3,(H,18,19)(H,21,22). The van der Waals surface area contributed by atoms with E-state index in [4.69, 9.17) is 0 Å². The molecule has 0 bridgehead atoms. The summed E-state index contributed by atoms with van der Waals surface area (Å²) < 4.78 is 0. The number of hydrogen-bond acceptors (Lipinski definition) is 4. The molecule has 0 unspecified atom stereocenters. The van der Waals surface area contributed by atoms with E-state index in [9.17, 15) is 15.0 Å². The number of nitrogens with one attached hydrogen (secondary N) is 1. The zero-order valence-corrected chi connectivity index (χ0v) is 11.9. The maximum absolute atomic E-state index is 11.3. The van der Waals surface area contributed by atoms with E-state index in [2.05, 4.69) is 10.3 Å². The van der Waals surface area contributed by atoms with Gasteiger partial charge in [-0.05, 0) is 31.2 Å². The molecule has 3 rings (SSSR count). The number of carboxylic acid groups (broad SMARTS) is 1. The van der Waals surface area contributed by atoms with Gasteiger partial charge >= 0.3 is 5.97 Å². The zero-order valence-electron chi connectivity index (χ0n) is 11.9. The van der Waals surface area contributed by atoms with E-state index in [1.54, 1.807) is 24.3 Å². The van der Waals surface area contributed by atoms with Crippen molar-refractivity contribution in [3.8, 4) is 5.75 Å². The van der Waals surface area contributed by atoms with Crippen LogP contribution < -0.4 is 5.32 Å². The Kier molecular flexibility index (Phi) is 3.39. The van der Waals surface area contributed by atoms with Crippen LogP contribution in [0.2, 0.25) is 0 Å². The highest BCUT2D eigenvalue weighted by atomic mass is 16.4. The van der Waals surface area contributed by atoms with Gasteiger partial charge in [0.25, 0.3) is 0 Å². The average molecular weight is 294 g/mol. The van der Waals surface area contributed by atoms with Crippen LogP contribution in [0.5, 0.6) is 5.75 Å². The number of phenols is 1. The van der Waals surface area contributed by atoms with Gasteiger partial charge in [-0.1, -0.05) is 18.2 Å². The van der Waals surface area contributed by atoms with Gasteiger partial charge in [0.05, 0.1) is 11.1 Å². The quantitative estimate of drug-likeness (QED) is 0.686. The van der Waals surface area contributed by atoms with E-state index >= 15 is 0 Å². The zero-order chi connectivity index (χ0) is 15.7. The number of hydrogen-bond donors (Lipinski definition) is 3. The van der Waals surface area contributed by atoms with Gasteiger partial charge in [-0.3, -0.25) is 4.98 Å². The fraction of sp³-hybridized carbons (Fsp3) is 0.0588. The highest BCUT2D eigenvalue weighted by molar-refractivity contribution is 6.05. The van der Waals surface area contributed by atoms with Crippen LogP contribution in [0, 0.1) is 6.92 Å². The smallest absolute Gasteiger partial charge is 0.337 e. The molecule has 0 aliphatic carbocycles. The minimum atomic E-state index is -1.01. The number of pyridine rings is 1. The number of anilines is 2. The third kappa shape index (κ3) is 2.56. The Morgan fingerprint density at radius 1 is 1.14 bits per heavy atom. The molecule has 1 heterocycles. The van der Waals surface area contributed by atoms with Crippen molar-refractivity contribution >= 4 is 28.2 Å². The number of aromatic carboxylic acids is 1. The van der Waals surface area contributed by atoms with E-state index < -0.39 is 5.97 Å². The number of carboxylic acids is 1. The van der Waals surface area contributed by atoms with E-state index in [1.807, 2.05) is 25.1 Å². The first-order valence-electron chi connectivity index (χ1n) is 6.74. The summed E-state index contributed by atoms with van der Waals surface area (Å²) in [5, 5.41) is 22.8. The molecule has 110 valence electrons. The number of carbonyl (C=O) groups is 1. The maximum Gasteiger partial charge on any atom is 0.337 e. The molecule has 0 saturated carbocycles. The van der Waals surface area contributed by atoms with Gasteiger partial charge in [0, 0.05) is 28.5 Å². The molecule has 22 heavy (non-hydrogen) atoms. The van der Waals surface area contributed by atoms with Crippen molar-refractivity contribution in [3.63, 3.8) is 0 Å². The SMILES string of the molecule is Cc1cc(Nc2cccc(O)c2)c2cccc(C(=O)O)c2n1. The molecule has 5 heteroatoms. The van der Waals surface area contributed by atoms with E-state index in [0.29, 0.717) is 22.3 Å². The molecule has 0 fully saturated rings. The Balaban J connectivity index is 2.17. The fourth-order valence-electron chi connectivity index (χ4n) is 2.39. The summed E-state index contributed by atoms with van der Waals surface area (Å²) in [4.78, 5) is 15.7. The lowest BCUT2D eigenvalue weighted by atomic mass is 10.1. The van der Waals surface area contributed by atoms with Crippen molar-refractivity contribution in [3.05, 3.63) is 59.8 Å². The molecule has 3 N–H and O–H groups in total. The van der Waals surface area contributed by atoms with Crippen LogP contribution in [0.25, 0.3) is 10.9 Å². The molecule has 0 radical (unpaired) electrons. The van der Waals surface area contributed by atoms with Crippen LogP contribution in [0.3, 0.4) is 0 Å². The van der Waals surface area contributed by atoms with E-state index in [0.717, 1.165) is 5.69 Å². The third-order valence-electron chi connectivity index (χ3n) is 3.32. The minimum Gasteiger partial charge on any atom is -0.508 e. The Morgan fingerprint density at radius 3 is 2.64 bits per heavy atom. The summed E-state index contributed by atoms with van der Waals surface area (Å²) in [7, 11) is 0. The van der Waals surface area contributed by atoms with Crippen LogP contribution in [-0.4, -0.2) is 21.2 Å². The second-order valence-electron chi connectivity index (χ2n) is 4.99. The van der Waals surface area contributed by atoms with Gasteiger partial charge in [0.15, 0.2) is 0 Å². The molecule has 0 spiro atoms. The van der Waals surface area contributed by atoms with Gasteiger partial charge in [0.1, 0.15) is 5.75 Å². The highest BCUT2D eigenvalue weighted by Crippen LogP contribution is 2.29. The molecule has 3 aromatic rings. The number of aromatic hydroxyl groups is 1. The number of rotatable bonds is 3. The largest absolute Gasteiger partial charge is 0.508 e. The summed E-state index contributed by atoms with van der Waals surface area (Å²) >= 11 is 0. The second-order valence-corrected chi connectivity index (χ2v) is 4.99. The first-order chi connectivity index (χ1) is 10.5. The van der Waals surface area contributed by atoms with Crippen LogP contribution in [0.1, 0.15) is 16.1 Å². The number of aryl methyl sites for hydroxylation is 1. The van der Waals surface area contributed by atoms with Crippen molar-refractivity contribution in [1.82, 2.24) is 4.98 Å². The van der Waals surface area contributed by atoms with Crippen molar-refractivity contribution < 1.29 is 15.0 Å². The van der Waals surface area contributed by atoms with E-state index in [-0.39, 0.29) is 11.3 Å². The number of benzene rings is 2.